The second kappa shape index (κ2) is 14.5. The van der Waals surface area contributed by atoms with Crippen LogP contribution in [0.4, 0.5) is 0 Å². The van der Waals surface area contributed by atoms with E-state index in [1.165, 1.54) is 0 Å². The molecular formula is C37H31Cl2N2O2S2+. The highest BCUT2D eigenvalue weighted by atomic mass is 35.5. The van der Waals surface area contributed by atoms with Crippen molar-refractivity contribution in [2.75, 3.05) is 20.8 Å². The van der Waals surface area contributed by atoms with Crippen molar-refractivity contribution in [1.29, 1.82) is 0 Å². The summed E-state index contributed by atoms with van der Waals surface area (Å²) in [7, 11) is 3.78. The van der Waals surface area contributed by atoms with E-state index in [-0.39, 0.29) is 0 Å². The van der Waals surface area contributed by atoms with E-state index in [9.17, 15) is 0 Å². The van der Waals surface area contributed by atoms with Crippen LogP contribution in [0.1, 0.15) is 11.3 Å². The number of nitrogens with zero attached hydrogens (tertiary/aromatic N) is 2. The van der Waals surface area contributed by atoms with Gasteiger partial charge in [-0.15, -0.1) is 0 Å². The van der Waals surface area contributed by atoms with Crippen LogP contribution in [0.5, 0.6) is 11.5 Å². The average molecular weight is 671 g/mol. The first-order valence-electron chi connectivity index (χ1n) is 14.4. The number of likely N-dealkylation sites (N-methyl/N-ethyl adjacent to an activating group) is 1. The normalized spacial score (nSPS) is 13.8. The zero-order valence-electron chi connectivity index (χ0n) is 24.8. The minimum absolute atomic E-state index is 0.461. The number of rotatable bonds is 10. The molecule has 8 heteroatoms. The quantitative estimate of drug-likeness (QED) is 0.138. The summed E-state index contributed by atoms with van der Waals surface area (Å²) in [4.78, 5) is 2.24. The fourth-order valence-electron chi connectivity index (χ4n) is 5.10. The highest BCUT2D eigenvalue weighted by Crippen LogP contribution is 2.37. The summed E-state index contributed by atoms with van der Waals surface area (Å²) >= 11 is 15.8. The van der Waals surface area contributed by atoms with Gasteiger partial charge < -0.3 is 14.0 Å². The molecule has 0 fully saturated rings. The van der Waals surface area contributed by atoms with Gasteiger partial charge in [0.1, 0.15) is 13.7 Å². The van der Waals surface area contributed by atoms with Crippen molar-refractivity contribution in [2.45, 2.75) is 21.4 Å². The average Bonchev–Trinajstić information content (AvgIpc) is 3.62. The van der Waals surface area contributed by atoms with E-state index in [1.54, 1.807) is 30.6 Å². The number of allylic oxidation sites excluding steroid dienone is 1. The van der Waals surface area contributed by atoms with Crippen LogP contribution in [0.2, 0.25) is 10.0 Å². The van der Waals surface area contributed by atoms with Gasteiger partial charge >= 0.3 is 0 Å². The number of halogens is 2. The van der Waals surface area contributed by atoms with Crippen LogP contribution in [0.3, 0.4) is 0 Å². The number of thioether (sulfide) groups is 1. The van der Waals surface area contributed by atoms with E-state index in [0.717, 1.165) is 58.2 Å². The van der Waals surface area contributed by atoms with Gasteiger partial charge in [0.05, 0.1) is 29.9 Å². The predicted molar refractivity (Wildman–Crippen MR) is 189 cm³/mol. The predicted octanol–water partition coefficient (Wildman–Crippen LogP) is 10.2. The van der Waals surface area contributed by atoms with Gasteiger partial charge in [-0.1, -0.05) is 77.4 Å². The van der Waals surface area contributed by atoms with Gasteiger partial charge in [-0.2, -0.15) is 4.58 Å². The van der Waals surface area contributed by atoms with Crippen LogP contribution in [-0.2, 0) is 6.54 Å². The number of benzene rings is 4. The van der Waals surface area contributed by atoms with Gasteiger partial charge in [0.25, 0.3) is 0 Å². The fourth-order valence-corrected chi connectivity index (χ4v) is 7.18. The molecule has 0 bridgehead atoms. The van der Waals surface area contributed by atoms with Crippen LogP contribution in [0.15, 0.2) is 148 Å². The SMILES string of the molecule is COc1ccccc1OCCn1c(Sc2ccc(Cl)cc2)ccc1C(=C1C=CC(Sc2ccc(Cl)cc2)=[N+]1C)c1ccccc1. The van der Waals surface area contributed by atoms with Crippen molar-refractivity contribution < 1.29 is 14.0 Å². The van der Waals surface area contributed by atoms with Gasteiger partial charge in [-0.3, -0.25) is 0 Å². The van der Waals surface area contributed by atoms with E-state index >= 15 is 0 Å². The molecule has 0 radical (unpaired) electrons. The maximum atomic E-state index is 6.27. The molecule has 0 spiro atoms. The molecule has 6 rings (SSSR count). The Kier molecular flexibility index (Phi) is 10.1. The number of methoxy groups -OCH3 is 1. The molecule has 45 heavy (non-hydrogen) atoms. The number of hydrogen-bond donors (Lipinski definition) is 0. The Labute approximate surface area is 282 Å². The summed E-state index contributed by atoms with van der Waals surface area (Å²) in [5.74, 6) is 1.44. The monoisotopic (exact) mass is 669 g/mol. The molecule has 0 unspecified atom stereocenters. The number of ether oxygens (including phenoxy) is 2. The van der Waals surface area contributed by atoms with E-state index in [4.69, 9.17) is 32.7 Å². The number of aromatic nitrogens is 1. The number of para-hydroxylation sites is 2. The fraction of sp³-hybridized carbons (Fsp3) is 0.108. The molecule has 1 aliphatic rings. The third-order valence-electron chi connectivity index (χ3n) is 7.30. The molecule has 0 saturated heterocycles. The highest BCUT2D eigenvalue weighted by Gasteiger charge is 2.28. The molecule has 0 N–H and O–H groups in total. The second-order valence-corrected chi connectivity index (χ2v) is 13.2. The molecular weight excluding hydrogens is 639 g/mol. The van der Waals surface area contributed by atoms with E-state index in [0.29, 0.717) is 18.9 Å². The highest BCUT2D eigenvalue weighted by molar-refractivity contribution is 8.14. The summed E-state index contributed by atoms with van der Waals surface area (Å²) in [6.45, 7) is 1.09. The van der Waals surface area contributed by atoms with Crippen LogP contribution in [0.25, 0.3) is 5.57 Å². The third kappa shape index (κ3) is 7.37. The van der Waals surface area contributed by atoms with Crippen molar-refractivity contribution in [3.63, 3.8) is 0 Å². The van der Waals surface area contributed by atoms with Crippen molar-refractivity contribution >= 4 is 57.3 Å². The summed E-state index contributed by atoms with van der Waals surface area (Å²) in [6, 6.07) is 38.6. The van der Waals surface area contributed by atoms with Gasteiger partial charge in [-0.25, -0.2) is 0 Å². The zero-order valence-corrected chi connectivity index (χ0v) is 28.0. The molecule has 0 saturated carbocycles. The molecule has 1 aromatic heterocycles. The van der Waals surface area contributed by atoms with Crippen LogP contribution in [0, 0.1) is 0 Å². The molecule has 226 valence electrons. The minimum atomic E-state index is 0.461. The van der Waals surface area contributed by atoms with Gasteiger partial charge in [-0.05, 0) is 90.1 Å². The maximum absolute atomic E-state index is 6.27. The first-order chi connectivity index (χ1) is 22.0. The zero-order chi connectivity index (χ0) is 31.2. The Hall–Kier alpha value is -3.81. The lowest BCUT2D eigenvalue weighted by atomic mass is 10.00. The first-order valence-corrected chi connectivity index (χ1v) is 16.8. The molecule has 5 aromatic rings. The Morgan fingerprint density at radius 3 is 2.00 bits per heavy atom. The molecule has 0 atom stereocenters. The third-order valence-corrected chi connectivity index (χ3v) is 10.0. The molecule has 0 amide bonds. The Morgan fingerprint density at radius 2 is 1.33 bits per heavy atom. The Morgan fingerprint density at radius 1 is 0.711 bits per heavy atom. The summed E-state index contributed by atoms with van der Waals surface area (Å²) in [5.41, 5.74) is 4.49. The molecule has 1 aliphatic heterocycles. The molecule has 4 aromatic carbocycles. The van der Waals surface area contributed by atoms with Crippen molar-refractivity contribution in [3.05, 3.63) is 154 Å². The Bertz CT molecular complexity index is 1880. The standard InChI is InChI=1S/C37H31Cl2N2O2S2/c1-40-31(20-22-35(40)44-29-16-12-27(38)13-17-29)37(26-8-4-3-5-9-26)32-21-23-36(45-30-18-14-28(39)15-19-30)41(32)24-25-43-34-11-7-6-10-33(34)42-2/h3-23H,24-25H2,1-2H3/q+1. The largest absolute Gasteiger partial charge is 0.493 e. The summed E-state index contributed by atoms with van der Waals surface area (Å²) < 4.78 is 16.4. The van der Waals surface area contributed by atoms with Crippen LogP contribution >= 0.6 is 46.7 Å². The molecule has 2 heterocycles. The van der Waals surface area contributed by atoms with E-state index in [1.807, 2.05) is 48.5 Å². The van der Waals surface area contributed by atoms with Crippen molar-refractivity contribution in [1.82, 2.24) is 4.57 Å². The van der Waals surface area contributed by atoms with Crippen molar-refractivity contribution in [3.8, 4) is 11.5 Å². The van der Waals surface area contributed by atoms with Gasteiger partial charge in [0.15, 0.2) is 11.5 Å². The van der Waals surface area contributed by atoms with Crippen molar-refractivity contribution in [2.24, 2.45) is 0 Å². The topological polar surface area (TPSA) is 26.4 Å². The smallest absolute Gasteiger partial charge is 0.245 e. The van der Waals surface area contributed by atoms with Gasteiger partial charge in [0.2, 0.25) is 10.7 Å². The van der Waals surface area contributed by atoms with Gasteiger partial charge in [0, 0.05) is 32.0 Å². The lowest BCUT2D eigenvalue weighted by Crippen LogP contribution is -2.14. The second-order valence-electron chi connectivity index (χ2n) is 10.2. The van der Waals surface area contributed by atoms with E-state index in [2.05, 4.69) is 95.1 Å². The van der Waals surface area contributed by atoms with Crippen LogP contribution in [-0.4, -0.2) is 35.0 Å². The molecule has 4 nitrogen and oxygen atoms in total. The number of hydrogen-bond acceptors (Lipinski definition) is 4. The van der Waals surface area contributed by atoms with E-state index < -0.39 is 0 Å². The summed E-state index contributed by atoms with van der Waals surface area (Å²) in [5, 5.41) is 3.69. The lowest BCUT2D eigenvalue weighted by Gasteiger charge is -2.17. The molecule has 0 aliphatic carbocycles. The lowest BCUT2D eigenvalue weighted by molar-refractivity contribution is -0.430. The maximum Gasteiger partial charge on any atom is 0.245 e. The van der Waals surface area contributed by atoms with Crippen LogP contribution < -0.4 is 9.47 Å². The first kappa shape index (κ1) is 31.2. The Balaban J connectivity index is 1.42. The summed E-state index contributed by atoms with van der Waals surface area (Å²) in [6.07, 6.45) is 4.38. The minimum Gasteiger partial charge on any atom is -0.493 e.